The second-order valence-corrected chi connectivity index (χ2v) is 6.25. The van der Waals surface area contributed by atoms with E-state index in [1.54, 1.807) is 18.2 Å². The summed E-state index contributed by atoms with van der Waals surface area (Å²) in [6.45, 7) is 2.18. The number of hydrogen-bond donors (Lipinski definition) is 2. The SMILES string of the molecule is Cc1ccc(O)c(C(=O)CCCNC(=O)c2cc(-c3ccccc3)on2)c1. The first-order valence-electron chi connectivity index (χ1n) is 8.68. The number of Topliss-reactive ketones (excluding diaryl/α,β-unsaturated/α-hetero) is 1. The molecule has 1 amide bonds. The molecule has 0 spiro atoms. The van der Waals surface area contributed by atoms with E-state index in [1.807, 2.05) is 37.3 Å². The largest absolute Gasteiger partial charge is 0.507 e. The Bertz CT molecular complexity index is 948. The maximum Gasteiger partial charge on any atom is 0.273 e. The molecule has 0 saturated heterocycles. The van der Waals surface area contributed by atoms with Gasteiger partial charge in [0.25, 0.3) is 5.91 Å². The van der Waals surface area contributed by atoms with E-state index in [-0.39, 0.29) is 29.6 Å². The molecule has 1 heterocycles. The summed E-state index contributed by atoms with van der Waals surface area (Å²) in [5.41, 5.74) is 2.25. The van der Waals surface area contributed by atoms with Gasteiger partial charge in [-0.1, -0.05) is 47.1 Å². The van der Waals surface area contributed by atoms with Gasteiger partial charge in [-0.05, 0) is 25.5 Å². The molecular weight excluding hydrogens is 344 g/mol. The number of carbonyl (C=O) groups is 2. The molecule has 0 saturated carbocycles. The molecule has 6 nitrogen and oxygen atoms in total. The second kappa shape index (κ2) is 8.31. The summed E-state index contributed by atoms with van der Waals surface area (Å²) in [5, 5.41) is 16.3. The number of amides is 1. The molecule has 6 heteroatoms. The molecule has 2 aromatic carbocycles. The van der Waals surface area contributed by atoms with Gasteiger partial charge in [-0.15, -0.1) is 0 Å². The third kappa shape index (κ3) is 4.61. The van der Waals surface area contributed by atoms with Crippen LogP contribution in [0.15, 0.2) is 59.1 Å². The topological polar surface area (TPSA) is 92.4 Å². The van der Waals surface area contributed by atoms with Gasteiger partial charge in [-0.2, -0.15) is 0 Å². The zero-order chi connectivity index (χ0) is 19.2. The predicted octanol–water partition coefficient (Wildman–Crippen LogP) is 3.75. The molecule has 3 rings (SSSR count). The number of phenolic OH excluding ortho intramolecular Hbond substituents is 1. The van der Waals surface area contributed by atoms with Crippen LogP contribution in [0, 0.1) is 6.92 Å². The Labute approximate surface area is 156 Å². The highest BCUT2D eigenvalue weighted by Gasteiger charge is 2.14. The highest BCUT2D eigenvalue weighted by Crippen LogP contribution is 2.21. The average Bonchev–Trinajstić information content (AvgIpc) is 3.18. The first-order chi connectivity index (χ1) is 13.0. The Morgan fingerprint density at radius 1 is 1.11 bits per heavy atom. The van der Waals surface area contributed by atoms with Crippen LogP contribution < -0.4 is 5.32 Å². The zero-order valence-corrected chi connectivity index (χ0v) is 14.9. The Morgan fingerprint density at radius 3 is 2.67 bits per heavy atom. The van der Waals surface area contributed by atoms with Crippen molar-refractivity contribution in [2.45, 2.75) is 19.8 Å². The number of nitrogens with one attached hydrogen (secondary N) is 1. The summed E-state index contributed by atoms with van der Waals surface area (Å²) in [6.07, 6.45) is 0.687. The third-order valence-corrected chi connectivity index (χ3v) is 4.12. The van der Waals surface area contributed by atoms with Crippen molar-refractivity contribution in [1.82, 2.24) is 10.5 Å². The van der Waals surface area contributed by atoms with Gasteiger partial charge in [-0.3, -0.25) is 9.59 Å². The van der Waals surface area contributed by atoms with Crippen molar-refractivity contribution in [2.24, 2.45) is 0 Å². The van der Waals surface area contributed by atoms with Crippen molar-refractivity contribution in [3.63, 3.8) is 0 Å². The molecule has 138 valence electrons. The van der Waals surface area contributed by atoms with Crippen molar-refractivity contribution in [3.05, 3.63) is 71.4 Å². The van der Waals surface area contributed by atoms with Gasteiger partial charge >= 0.3 is 0 Å². The summed E-state index contributed by atoms with van der Waals surface area (Å²) in [6, 6.07) is 15.9. The van der Waals surface area contributed by atoms with Crippen molar-refractivity contribution in [2.75, 3.05) is 6.54 Å². The van der Waals surface area contributed by atoms with E-state index in [4.69, 9.17) is 4.52 Å². The van der Waals surface area contributed by atoms with Gasteiger partial charge in [0.2, 0.25) is 0 Å². The second-order valence-electron chi connectivity index (χ2n) is 6.25. The van der Waals surface area contributed by atoms with Crippen LogP contribution >= 0.6 is 0 Å². The van der Waals surface area contributed by atoms with Crippen molar-refractivity contribution in [3.8, 4) is 17.1 Å². The number of ketones is 1. The fraction of sp³-hybridized carbons (Fsp3) is 0.190. The first-order valence-corrected chi connectivity index (χ1v) is 8.68. The van der Waals surface area contributed by atoms with Crippen LogP contribution in [0.3, 0.4) is 0 Å². The average molecular weight is 364 g/mol. The van der Waals surface area contributed by atoms with E-state index in [0.29, 0.717) is 24.3 Å². The molecule has 0 aliphatic heterocycles. The highest BCUT2D eigenvalue weighted by molar-refractivity contribution is 5.98. The van der Waals surface area contributed by atoms with Gasteiger partial charge in [0.1, 0.15) is 5.75 Å². The molecule has 0 unspecified atom stereocenters. The van der Waals surface area contributed by atoms with Crippen LogP contribution in [-0.2, 0) is 0 Å². The lowest BCUT2D eigenvalue weighted by molar-refractivity contribution is 0.0930. The summed E-state index contributed by atoms with van der Waals surface area (Å²) < 4.78 is 5.21. The minimum Gasteiger partial charge on any atom is -0.507 e. The summed E-state index contributed by atoms with van der Waals surface area (Å²) >= 11 is 0. The van der Waals surface area contributed by atoms with Crippen molar-refractivity contribution >= 4 is 11.7 Å². The number of rotatable bonds is 7. The molecule has 0 fully saturated rings. The predicted molar refractivity (Wildman–Crippen MR) is 101 cm³/mol. The quantitative estimate of drug-likeness (QED) is 0.492. The molecule has 2 N–H and O–H groups in total. The van der Waals surface area contributed by atoms with Gasteiger partial charge in [-0.25, -0.2) is 0 Å². The fourth-order valence-electron chi connectivity index (χ4n) is 2.67. The van der Waals surface area contributed by atoms with Gasteiger partial charge in [0.05, 0.1) is 5.56 Å². The normalized spacial score (nSPS) is 10.6. The third-order valence-electron chi connectivity index (χ3n) is 4.12. The molecule has 3 aromatic rings. The van der Waals surface area contributed by atoms with E-state index in [1.165, 1.54) is 6.07 Å². The van der Waals surface area contributed by atoms with E-state index < -0.39 is 0 Å². The van der Waals surface area contributed by atoms with E-state index in [9.17, 15) is 14.7 Å². The maximum atomic E-state index is 12.2. The van der Waals surface area contributed by atoms with Crippen LogP contribution in [-0.4, -0.2) is 28.5 Å². The zero-order valence-electron chi connectivity index (χ0n) is 14.9. The number of nitrogens with zero attached hydrogens (tertiary/aromatic N) is 1. The molecule has 0 atom stereocenters. The standard InChI is InChI=1S/C21H20N2O4/c1-14-9-10-19(25)16(12-14)18(24)8-5-11-22-21(26)17-13-20(27-23-17)15-6-3-2-4-7-15/h2-4,6-7,9-10,12-13,25H,5,8,11H2,1H3,(H,22,26). The van der Waals surface area contributed by atoms with Gasteiger partial charge < -0.3 is 14.9 Å². The number of carbonyl (C=O) groups excluding carboxylic acids is 2. The van der Waals surface area contributed by atoms with Crippen LogP contribution in [0.2, 0.25) is 0 Å². The highest BCUT2D eigenvalue weighted by atomic mass is 16.5. The fourth-order valence-corrected chi connectivity index (χ4v) is 2.67. The van der Waals surface area contributed by atoms with Crippen molar-refractivity contribution < 1.29 is 19.2 Å². The summed E-state index contributed by atoms with van der Waals surface area (Å²) in [7, 11) is 0. The number of aryl methyl sites for hydroxylation is 1. The minimum atomic E-state index is -0.355. The Hall–Kier alpha value is -3.41. The Balaban J connectivity index is 1.49. The lowest BCUT2D eigenvalue weighted by Crippen LogP contribution is -2.25. The number of phenols is 1. The van der Waals surface area contributed by atoms with Gasteiger partial charge in [0, 0.05) is 24.6 Å². The van der Waals surface area contributed by atoms with E-state index in [2.05, 4.69) is 10.5 Å². The Morgan fingerprint density at radius 2 is 1.89 bits per heavy atom. The van der Waals surface area contributed by atoms with Crippen LogP contribution in [0.5, 0.6) is 5.75 Å². The molecular formula is C21H20N2O4. The first kappa shape index (κ1) is 18.4. The van der Waals surface area contributed by atoms with Crippen LogP contribution in [0.25, 0.3) is 11.3 Å². The summed E-state index contributed by atoms with van der Waals surface area (Å²) in [4.78, 5) is 24.3. The van der Waals surface area contributed by atoms with E-state index in [0.717, 1.165) is 11.1 Å². The van der Waals surface area contributed by atoms with Gasteiger partial charge in [0.15, 0.2) is 17.2 Å². The molecule has 0 aliphatic rings. The molecule has 0 bridgehead atoms. The van der Waals surface area contributed by atoms with Crippen LogP contribution in [0.4, 0.5) is 0 Å². The maximum absolute atomic E-state index is 12.2. The smallest absolute Gasteiger partial charge is 0.273 e. The summed E-state index contributed by atoms with van der Waals surface area (Å²) in [5.74, 6) is -0.0124. The number of aromatic hydroxyl groups is 1. The number of aromatic nitrogens is 1. The molecule has 27 heavy (non-hydrogen) atoms. The molecule has 1 aromatic heterocycles. The lowest BCUT2D eigenvalue weighted by atomic mass is 10.0. The number of benzene rings is 2. The van der Waals surface area contributed by atoms with Crippen LogP contribution in [0.1, 0.15) is 39.3 Å². The Kier molecular flexibility index (Phi) is 5.66. The molecule has 0 radical (unpaired) electrons. The monoisotopic (exact) mass is 364 g/mol. The van der Waals surface area contributed by atoms with Crippen molar-refractivity contribution in [1.29, 1.82) is 0 Å². The molecule has 0 aliphatic carbocycles. The minimum absolute atomic E-state index is 0.0225. The lowest BCUT2D eigenvalue weighted by Gasteiger charge is -2.06. The number of hydrogen-bond acceptors (Lipinski definition) is 5. The van der Waals surface area contributed by atoms with E-state index >= 15 is 0 Å².